The van der Waals surface area contributed by atoms with Crippen LogP contribution in [0.15, 0.2) is 18.2 Å². The molecule has 2 saturated heterocycles. The zero-order chi connectivity index (χ0) is 18.8. The summed E-state index contributed by atoms with van der Waals surface area (Å²) in [6.07, 6.45) is 1.29. The lowest BCUT2D eigenvalue weighted by Crippen LogP contribution is -2.53. The molecular weight excluding hydrogens is 342 g/mol. The predicted octanol–water partition coefficient (Wildman–Crippen LogP) is 1.37. The third-order valence-corrected chi connectivity index (χ3v) is 5.76. The molecule has 0 N–H and O–H groups in total. The van der Waals surface area contributed by atoms with E-state index in [1.165, 1.54) is 11.1 Å². The minimum Gasteiger partial charge on any atom is -0.493 e. The number of ether oxygens (including phenoxy) is 2. The van der Waals surface area contributed by atoms with Crippen LogP contribution in [0.25, 0.3) is 0 Å². The van der Waals surface area contributed by atoms with Crippen molar-refractivity contribution in [2.24, 2.45) is 0 Å². The molecule has 3 aliphatic heterocycles. The molecule has 1 aromatic carbocycles. The summed E-state index contributed by atoms with van der Waals surface area (Å²) in [6.45, 7) is 11.8. The Bertz CT molecular complexity index is 663. The van der Waals surface area contributed by atoms with E-state index in [1.54, 1.807) is 0 Å². The van der Waals surface area contributed by atoms with E-state index in [0.717, 1.165) is 51.5 Å². The molecule has 3 aliphatic rings. The Morgan fingerprint density at radius 1 is 1.07 bits per heavy atom. The van der Waals surface area contributed by atoms with Crippen LogP contribution in [-0.2, 0) is 22.5 Å². The molecule has 0 unspecified atom stereocenters. The third-order valence-electron chi connectivity index (χ3n) is 5.76. The van der Waals surface area contributed by atoms with Crippen molar-refractivity contribution >= 4 is 5.91 Å². The molecule has 27 heavy (non-hydrogen) atoms. The van der Waals surface area contributed by atoms with Crippen LogP contribution < -0.4 is 4.74 Å². The standard InChI is InChI=1S/C21H31N3O3/c1-16-12-24(13-17(2)27-16)21(25)15-23-8-6-22(7-9-23)14-18-3-4-20-19(11-18)5-10-26-20/h3-4,11,16-17H,5-10,12-15H2,1-2H3/t16-,17-/m1/s1. The van der Waals surface area contributed by atoms with E-state index >= 15 is 0 Å². The van der Waals surface area contributed by atoms with E-state index in [1.807, 2.05) is 18.7 Å². The number of hydrogen-bond acceptors (Lipinski definition) is 5. The van der Waals surface area contributed by atoms with Gasteiger partial charge in [-0.2, -0.15) is 0 Å². The third kappa shape index (κ3) is 4.62. The summed E-state index contributed by atoms with van der Waals surface area (Å²) >= 11 is 0. The number of hydrogen-bond donors (Lipinski definition) is 0. The Balaban J connectivity index is 1.23. The van der Waals surface area contributed by atoms with Crippen LogP contribution in [0.5, 0.6) is 5.75 Å². The van der Waals surface area contributed by atoms with E-state index in [0.29, 0.717) is 19.6 Å². The fraction of sp³-hybridized carbons (Fsp3) is 0.667. The van der Waals surface area contributed by atoms with Crippen LogP contribution in [0, 0.1) is 0 Å². The van der Waals surface area contributed by atoms with Gasteiger partial charge in [0.1, 0.15) is 5.75 Å². The van der Waals surface area contributed by atoms with Crippen molar-refractivity contribution < 1.29 is 14.3 Å². The molecule has 4 rings (SSSR count). The number of carbonyl (C=O) groups is 1. The second kappa shape index (κ2) is 8.17. The maximum absolute atomic E-state index is 12.6. The first kappa shape index (κ1) is 18.7. The molecular formula is C21H31N3O3. The molecule has 6 nitrogen and oxygen atoms in total. The number of rotatable bonds is 4. The Labute approximate surface area is 162 Å². The smallest absolute Gasteiger partial charge is 0.236 e. The monoisotopic (exact) mass is 373 g/mol. The molecule has 2 atom stereocenters. The van der Waals surface area contributed by atoms with Gasteiger partial charge >= 0.3 is 0 Å². The van der Waals surface area contributed by atoms with Crippen LogP contribution in [0.3, 0.4) is 0 Å². The molecule has 6 heteroatoms. The zero-order valence-electron chi connectivity index (χ0n) is 16.5. The van der Waals surface area contributed by atoms with Gasteiger partial charge in [-0.1, -0.05) is 12.1 Å². The summed E-state index contributed by atoms with van der Waals surface area (Å²) < 4.78 is 11.3. The lowest BCUT2D eigenvalue weighted by atomic mass is 10.1. The fourth-order valence-electron chi connectivity index (χ4n) is 4.37. The molecule has 2 fully saturated rings. The molecule has 3 heterocycles. The predicted molar refractivity (Wildman–Crippen MR) is 104 cm³/mol. The molecule has 0 aliphatic carbocycles. The highest BCUT2D eigenvalue weighted by Gasteiger charge is 2.28. The normalized spacial score (nSPS) is 26.7. The Hall–Kier alpha value is -1.63. The van der Waals surface area contributed by atoms with E-state index in [9.17, 15) is 4.79 Å². The molecule has 1 aromatic rings. The van der Waals surface area contributed by atoms with Crippen LogP contribution in [0.2, 0.25) is 0 Å². The largest absolute Gasteiger partial charge is 0.493 e. The highest BCUT2D eigenvalue weighted by molar-refractivity contribution is 5.78. The van der Waals surface area contributed by atoms with Crippen LogP contribution in [0.1, 0.15) is 25.0 Å². The summed E-state index contributed by atoms with van der Waals surface area (Å²) in [5.41, 5.74) is 2.70. The SMILES string of the molecule is C[C@@H]1CN(C(=O)CN2CCN(Cc3ccc4c(c3)CCO4)CC2)C[C@@H](C)O1. The van der Waals surface area contributed by atoms with Crippen molar-refractivity contribution in [2.75, 3.05) is 52.4 Å². The highest BCUT2D eigenvalue weighted by Crippen LogP contribution is 2.26. The van der Waals surface area contributed by atoms with E-state index in [4.69, 9.17) is 9.47 Å². The minimum atomic E-state index is 0.132. The van der Waals surface area contributed by atoms with Gasteiger partial charge in [-0.3, -0.25) is 14.6 Å². The molecule has 0 bridgehead atoms. The van der Waals surface area contributed by atoms with Crippen molar-refractivity contribution in [3.05, 3.63) is 29.3 Å². The Kier molecular flexibility index (Phi) is 5.66. The van der Waals surface area contributed by atoms with Gasteiger partial charge in [0.15, 0.2) is 0 Å². The number of morpholine rings is 1. The van der Waals surface area contributed by atoms with Gasteiger partial charge in [0.05, 0.1) is 25.4 Å². The fourth-order valence-corrected chi connectivity index (χ4v) is 4.37. The average Bonchev–Trinajstić information content (AvgIpc) is 3.10. The Morgan fingerprint density at radius 3 is 2.52 bits per heavy atom. The first-order valence-electron chi connectivity index (χ1n) is 10.2. The van der Waals surface area contributed by atoms with Crippen LogP contribution >= 0.6 is 0 Å². The van der Waals surface area contributed by atoms with Crippen molar-refractivity contribution in [3.63, 3.8) is 0 Å². The molecule has 0 radical (unpaired) electrons. The van der Waals surface area contributed by atoms with Gasteiger partial charge < -0.3 is 14.4 Å². The zero-order valence-corrected chi connectivity index (χ0v) is 16.5. The van der Waals surface area contributed by atoms with Gasteiger partial charge in [-0.25, -0.2) is 0 Å². The first-order valence-corrected chi connectivity index (χ1v) is 10.2. The van der Waals surface area contributed by atoms with Crippen molar-refractivity contribution in [1.29, 1.82) is 0 Å². The maximum atomic E-state index is 12.6. The summed E-state index contributed by atoms with van der Waals surface area (Å²) in [6, 6.07) is 6.58. The van der Waals surface area contributed by atoms with E-state index in [2.05, 4.69) is 28.0 Å². The van der Waals surface area contributed by atoms with E-state index in [-0.39, 0.29) is 18.1 Å². The van der Waals surface area contributed by atoms with Crippen molar-refractivity contribution in [2.45, 2.75) is 39.0 Å². The molecule has 0 aromatic heterocycles. The number of piperazine rings is 1. The number of amides is 1. The van der Waals surface area contributed by atoms with Crippen LogP contribution in [0.4, 0.5) is 0 Å². The van der Waals surface area contributed by atoms with Gasteiger partial charge in [0.2, 0.25) is 5.91 Å². The minimum absolute atomic E-state index is 0.132. The van der Waals surface area contributed by atoms with Crippen molar-refractivity contribution in [3.8, 4) is 5.75 Å². The molecule has 1 amide bonds. The number of carbonyl (C=O) groups excluding carboxylic acids is 1. The summed E-state index contributed by atoms with van der Waals surface area (Å²) in [5, 5.41) is 0. The Morgan fingerprint density at radius 2 is 1.78 bits per heavy atom. The van der Waals surface area contributed by atoms with Crippen LogP contribution in [-0.4, -0.2) is 85.2 Å². The summed E-state index contributed by atoms with van der Waals surface area (Å²) in [5.74, 6) is 1.29. The number of benzene rings is 1. The lowest BCUT2D eigenvalue weighted by molar-refractivity contribution is -0.144. The molecule has 0 spiro atoms. The highest BCUT2D eigenvalue weighted by atomic mass is 16.5. The maximum Gasteiger partial charge on any atom is 0.236 e. The van der Waals surface area contributed by atoms with Gasteiger partial charge in [-0.05, 0) is 31.0 Å². The average molecular weight is 373 g/mol. The first-order chi connectivity index (χ1) is 13.1. The number of fused-ring (bicyclic) bond motifs is 1. The lowest BCUT2D eigenvalue weighted by Gasteiger charge is -2.38. The van der Waals surface area contributed by atoms with E-state index < -0.39 is 0 Å². The van der Waals surface area contributed by atoms with Crippen molar-refractivity contribution in [1.82, 2.24) is 14.7 Å². The summed E-state index contributed by atoms with van der Waals surface area (Å²) in [4.78, 5) is 19.4. The summed E-state index contributed by atoms with van der Waals surface area (Å²) in [7, 11) is 0. The second-order valence-corrected chi connectivity index (χ2v) is 8.15. The molecule has 148 valence electrons. The van der Waals surface area contributed by atoms with Gasteiger partial charge in [0, 0.05) is 52.2 Å². The van der Waals surface area contributed by atoms with Gasteiger partial charge in [-0.15, -0.1) is 0 Å². The topological polar surface area (TPSA) is 45.3 Å². The van der Waals surface area contributed by atoms with Gasteiger partial charge in [0.25, 0.3) is 0 Å². The second-order valence-electron chi connectivity index (χ2n) is 8.15. The quantitative estimate of drug-likeness (QED) is 0.798. The molecule has 0 saturated carbocycles. The number of nitrogens with zero attached hydrogens (tertiary/aromatic N) is 3.